The molecule has 0 radical (unpaired) electrons. The first-order valence-corrected chi connectivity index (χ1v) is 7.40. The van der Waals surface area contributed by atoms with Crippen LogP contribution in [0.3, 0.4) is 0 Å². The van der Waals surface area contributed by atoms with Gasteiger partial charge in [-0.2, -0.15) is 0 Å². The van der Waals surface area contributed by atoms with E-state index < -0.39 is 0 Å². The fourth-order valence-corrected chi connectivity index (χ4v) is 2.92. The molecule has 0 saturated carbocycles. The van der Waals surface area contributed by atoms with Crippen LogP contribution in [0.5, 0.6) is 0 Å². The standard InChI is InChI=1S/C14H24N6O2/c1-11(21)20(22-4)13-6-5-12(7-15-2)19(8-13)9-14-17-16-10-18(14)3/h7,10,12-13H,5-6,8-9H2,1-4H3/t12-,13+/m0/s1. The van der Waals surface area contributed by atoms with Crippen LogP contribution in [0.2, 0.25) is 0 Å². The summed E-state index contributed by atoms with van der Waals surface area (Å²) in [5.41, 5.74) is 0. The van der Waals surface area contributed by atoms with Crippen LogP contribution < -0.4 is 0 Å². The Morgan fingerprint density at radius 2 is 2.36 bits per heavy atom. The Balaban J connectivity index is 2.13. The number of nitrogens with zero attached hydrogens (tertiary/aromatic N) is 6. The summed E-state index contributed by atoms with van der Waals surface area (Å²) in [6.45, 7) is 2.91. The van der Waals surface area contributed by atoms with Gasteiger partial charge in [-0.25, -0.2) is 5.06 Å². The molecule has 0 aromatic carbocycles. The molecule has 8 heteroatoms. The normalized spacial score (nSPS) is 23.1. The molecule has 1 aliphatic heterocycles. The van der Waals surface area contributed by atoms with Crippen molar-refractivity contribution in [2.24, 2.45) is 12.0 Å². The molecule has 122 valence electrons. The number of hydroxylamine groups is 2. The Bertz CT molecular complexity index is 529. The van der Waals surface area contributed by atoms with Crippen LogP contribution >= 0.6 is 0 Å². The second-order valence-corrected chi connectivity index (χ2v) is 5.52. The topological polar surface area (TPSA) is 75.8 Å². The van der Waals surface area contributed by atoms with Gasteiger partial charge in [0.15, 0.2) is 0 Å². The highest BCUT2D eigenvalue weighted by Crippen LogP contribution is 2.22. The lowest BCUT2D eigenvalue weighted by atomic mass is 9.98. The molecule has 0 aliphatic carbocycles. The van der Waals surface area contributed by atoms with Crippen LogP contribution in [0.1, 0.15) is 25.6 Å². The van der Waals surface area contributed by atoms with Crippen LogP contribution in [-0.2, 0) is 23.2 Å². The maximum atomic E-state index is 11.7. The molecule has 1 amide bonds. The molecule has 1 saturated heterocycles. The van der Waals surface area contributed by atoms with Crippen LogP contribution in [0.15, 0.2) is 11.3 Å². The quantitative estimate of drug-likeness (QED) is 0.576. The summed E-state index contributed by atoms with van der Waals surface area (Å²) >= 11 is 0. The summed E-state index contributed by atoms with van der Waals surface area (Å²) in [4.78, 5) is 23.4. The zero-order valence-corrected chi connectivity index (χ0v) is 13.6. The number of rotatable bonds is 5. The van der Waals surface area contributed by atoms with Crippen molar-refractivity contribution in [1.29, 1.82) is 0 Å². The summed E-state index contributed by atoms with van der Waals surface area (Å²) in [5, 5.41) is 9.53. The number of likely N-dealkylation sites (tertiary alicyclic amines) is 1. The molecule has 22 heavy (non-hydrogen) atoms. The number of amides is 1. The molecule has 1 fully saturated rings. The number of piperidine rings is 1. The molecule has 2 heterocycles. The first kappa shape index (κ1) is 16.6. The van der Waals surface area contributed by atoms with Crippen molar-refractivity contribution in [3.8, 4) is 0 Å². The maximum Gasteiger partial charge on any atom is 0.243 e. The fraction of sp³-hybridized carbons (Fsp3) is 0.714. The number of aliphatic imine (C=N–C) groups is 1. The lowest BCUT2D eigenvalue weighted by Gasteiger charge is -2.40. The number of carbonyl (C=O) groups excluding carboxylic acids is 1. The van der Waals surface area contributed by atoms with Crippen LogP contribution in [0.4, 0.5) is 0 Å². The Labute approximate surface area is 130 Å². The molecule has 0 unspecified atom stereocenters. The van der Waals surface area contributed by atoms with Gasteiger partial charge in [0.25, 0.3) is 0 Å². The van der Waals surface area contributed by atoms with Crippen molar-refractivity contribution < 1.29 is 9.63 Å². The van der Waals surface area contributed by atoms with E-state index in [-0.39, 0.29) is 18.0 Å². The molecule has 8 nitrogen and oxygen atoms in total. The molecule has 2 rings (SSSR count). The zero-order valence-electron chi connectivity index (χ0n) is 13.6. The van der Waals surface area contributed by atoms with Crippen molar-refractivity contribution in [1.82, 2.24) is 24.7 Å². The molecular formula is C14H24N6O2. The van der Waals surface area contributed by atoms with E-state index in [1.807, 2.05) is 17.8 Å². The Hall–Kier alpha value is -1.80. The predicted molar refractivity (Wildman–Crippen MR) is 82.2 cm³/mol. The number of hydrogen-bond donors (Lipinski definition) is 0. The highest BCUT2D eigenvalue weighted by atomic mass is 16.7. The van der Waals surface area contributed by atoms with Crippen LogP contribution in [0.25, 0.3) is 0 Å². The van der Waals surface area contributed by atoms with Gasteiger partial charge in [-0.3, -0.25) is 19.5 Å². The SMILES string of the molecule is CN=C[C@@H]1CC[C@@H](N(OC)C(C)=O)CN1Cc1nncn1C. The second kappa shape index (κ2) is 7.46. The third-order valence-corrected chi connectivity index (χ3v) is 4.02. The van der Waals surface area contributed by atoms with Crippen LogP contribution in [-0.4, -0.2) is 69.6 Å². The van der Waals surface area contributed by atoms with E-state index in [1.54, 1.807) is 13.4 Å². The van der Waals surface area contributed by atoms with Gasteiger partial charge >= 0.3 is 0 Å². The summed E-state index contributed by atoms with van der Waals surface area (Å²) in [6.07, 6.45) is 5.46. The highest BCUT2D eigenvalue weighted by molar-refractivity contribution is 5.72. The molecule has 1 aliphatic rings. The average Bonchev–Trinajstić information content (AvgIpc) is 2.87. The Morgan fingerprint density at radius 3 is 2.91 bits per heavy atom. The maximum absolute atomic E-state index is 11.7. The fourth-order valence-electron chi connectivity index (χ4n) is 2.92. The summed E-state index contributed by atoms with van der Waals surface area (Å²) < 4.78 is 1.91. The van der Waals surface area contributed by atoms with Crippen molar-refractivity contribution >= 4 is 12.1 Å². The third-order valence-electron chi connectivity index (χ3n) is 4.02. The number of aryl methyl sites for hydroxylation is 1. The largest absolute Gasteiger partial charge is 0.320 e. The third kappa shape index (κ3) is 3.69. The smallest absolute Gasteiger partial charge is 0.243 e. The predicted octanol–water partition coefficient (Wildman–Crippen LogP) is 0.259. The molecular weight excluding hydrogens is 284 g/mol. The minimum Gasteiger partial charge on any atom is -0.320 e. The van der Waals surface area contributed by atoms with Gasteiger partial charge in [0, 0.05) is 39.8 Å². The highest BCUT2D eigenvalue weighted by Gasteiger charge is 2.32. The second-order valence-electron chi connectivity index (χ2n) is 5.52. The van der Waals surface area contributed by atoms with Crippen molar-refractivity contribution in [3.63, 3.8) is 0 Å². The Kier molecular flexibility index (Phi) is 5.62. The molecule has 0 bridgehead atoms. The van der Waals surface area contributed by atoms with Gasteiger partial charge in [0.2, 0.25) is 5.91 Å². The monoisotopic (exact) mass is 308 g/mol. The lowest BCUT2D eigenvalue weighted by Crippen LogP contribution is -2.53. The van der Waals surface area contributed by atoms with E-state index >= 15 is 0 Å². The van der Waals surface area contributed by atoms with Gasteiger partial charge in [-0.05, 0) is 12.8 Å². The van der Waals surface area contributed by atoms with Crippen LogP contribution in [0, 0.1) is 0 Å². The number of aromatic nitrogens is 3. The average molecular weight is 308 g/mol. The van der Waals surface area contributed by atoms with E-state index in [4.69, 9.17) is 4.84 Å². The van der Waals surface area contributed by atoms with Gasteiger partial charge in [0.05, 0.1) is 19.7 Å². The first-order chi connectivity index (χ1) is 10.6. The lowest BCUT2D eigenvalue weighted by molar-refractivity contribution is -0.191. The minimum atomic E-state index is -0.0753. The van der Waals surface area contributed by atoms with E-state index in [0.717, 1.165) is 25.2 Å². The Morgan fingerprint density at radius 1 is 1.59 bits per heavy atom. The summed E-state index contributed by atoms with van der Waals surface area (Å²) in [7, 11) is 5.24. The molecule has 1 aromatic rings. The summed E-state index contributed by atoms with van der Waals surface area (Å²) in [6, 6.07) is 0.279. The van der Waals surface area contributed by atoms with Gasteiger partial charge < -0.3 is 4.57 Å². The molecule has 0 spiro atoms. The molecule has 1 aromatic heterocycles. The van der Waals surface area contributed by atoms with Crippen molar-refractivity contribution in [2.75, 3.05) is 20.7 Å². The van der Waals surface area contributed by atoms with Crippen molar-refractivity contribution in [2.45, 2.75) is 38.4 Å². The van der Waals surface area contributed by atoms with Crippen molar-refractivity contribution in [3.05, 3.63) is 12.2 Å². The van der Waals surface area contributed by atoms with E-state index in [0.29, 0.717) is 6.54 Å². The van der Waals surface area contributed by atoms with Gasteiger partial charge in [0.1, 0.15) is 12.2 Å². The molecule has 2 atom stereocenters. The van der Waals surface area contributed by atoms with Gasteiger partial charge in [-0.1, -0.05) is 0 Å². The zero-order chi connectivity index (χ0) is 16.1. The first-order valence-electron chi connectivity index (χ1n) is 7.40. The van der Waals surface area contributed by atoms with E-state index in [9.17, 15) is 4.79 Å². The number of carbonyl (C=O) groups is 1. The van der Waals surface area contributed by atoms with E-state index in [1.165, 1.54) is 19.1 Å². The minimum absolute atomic E-state index is 0.0391. The van der Waals surface area contributed by atoms with Gasteiger partial charge in [-0.15, -0.1) is 10.2 Å². The molecule has 0 N–H and O–H groups in total. The summed E-state index contributed by atoms with van der Waals surface area (Å²) in [5.74, 6) is 0.815. The number of hydrogen-bond acceptors (Lipinski definition) is 6. The van der Waals surface area contributed by atoms with E-state index in [2.05, 4.69) is 20.1 Å².